The van der Waals surface area contributed by atoms with Gasteiger partial charge in [0, 0.05) is 16.6 Å². The van der Waals surface area contributed by atoms with Crippen LogP contribution >= 0.6 is 15.9 Å². The molecule has 0 aliphatic rings. The summed E-state index contributed by atoms with van der Waals surface area (Å²) in [4.78, 5) is 21.6. The third-order valence-corrected chi connectivity index (χ3v) is 2.90. The van der Waals surface area contributed by atoms with Crippen molar-refractivity contribution in [1.82, 2.24) is 5.32 Å². The molecule has 1 rings (SSSR count). The van der Waals surface area contributed by atoms with Crippen LogP contribution in [0.4, 0.5) is 14.5 Å². The molecule has 1 aromatic rings. The molecule has 3 N–H and O–H groups in total. The fraction of sp³-hybridized carbons (Fsp3) is 0.300. The summed E-state index contributed by atoms with van der Waals surface area (Å²) in [7, 11) is 0. The lowest BCUT2D eigenvalue weighted by atomic mass is 10.2. The monoisotopic (exact) mass is 337 g/mol. The quantitative estimate of drug-likeness (QED) is 0.630. The van der Waals surface area contributed by atoms with Gasteiger partial charge in [-0.25, -0.2) is 8.78 Å². The maximum absolute atomic E-state index is 12.9. The number of nitrogens with two attached hydrogens (primary N) is 1. The number of carbonyl (C=O) groups is 1. The first kappa shape index (κ1) is 15.4. The van der Waals surface area contributed by atoms with Crippen LogP contribution in [0.3, 0.4) is 0 Å². The molecule has 0 unspecified atom stereocenters. The van der Waals surface area contributed by atoms with Gasteiger partial charge in [-0.15, -0.1) is 0 Å². The van der Waals surface area contributed by atoms with E-state index in [4.69, 9.17) is 5.73 Å². The molecule has 1 aromatic carbocycles. The lowest BCUT2D eigenvalue weighted by Crippen LogP contribution is -2.41. The van der Waals surface area contributed by atoms with Crippen molar-refractivity contribution in [3.8, 4) is 0 Å². The van der Waals surface area contributed by atoms with Crippen LogP contribution in [-0.2, 0) is 0 Å². The second-order valence-corrected chi connectivity index (χ2v) is 4.52. The first-order chi connectivity index (χ1) is 8.76. The minimum atomic E-state index is -3.22. The summed E-state index contributed by atoms with van der Waals surface area (Å²) < 4.78 is 26.0. The number of amides is 1. The van der Waals surface area contributed by atoms with Gasteiger partial charge in [-0.05, 0) is 22.0 Å². The number of benzene rings is 1. The van der Waals surface area contributed by atoms with Crippen LogP contribution in [-0.4, -0.2) is 29.8 Å². The number of alkyl halides is 2. The molecule has 0 fully saturated rings. The SMILES string of the molecule is NCC(F)(F)CNC(=O)c1cc([N+](=O)[O-])ccc1Br. The predicted octanol–water partition coefficient (Wildman–Crippen LogP) is 1.68. The Balaban J connectivity index is 2.88. The number of nitro benzene ring substituents is 1. The van der Waals surface area contributed by atoms with E-state index in [0.717, 1.165) is 6.07 Å². The van der Waals surface area contributed by atoms with Gasteiger partial charge in [-0.3, -0.25) is 14.9 Å². The van der Waals surface area contributed by atoms with Crippen molar-refractivity contribution in [1.29, 1.82) is 0 Å². The van der Waals surface area contributed by atoms with E-state index >= 15 is 0 Å². The highest BCUT2D eigenvalue weighted by atomic mass is 79.9. The smallest absolute Gasteiger partial charge is 0.277 e. The lowest BCUT2D eigenvalue weighted by Gasteiger charge is -2.14. The fourth-order valence-corrected chi connectivity index (χ4v) is 1.60. The van der Waals surface area contributed by atoms with Crippen molar-refractivity contribution in [3.05, 3.63) is 38.3 Å². The number of non-ortho nitro benzene ring substituents is 1. The molecule has 0 saturated heterocycles. The zero-order valence-electron chi connectivity index (χ0n) is 9.53. The number of nitro groups is 1. The summed E-state index contributed by atoms with van der Waals surface area (Å²) in [5, 5.41) is 12.5. The molecule has 0 atom stereocenters. The van der Waals surface area contributed by atoms with E-state index in [2.05, 4.69) is 15.9 Å². The average molecular weight is 338 g/mol. The van der Waals surface area contributed by atoms with Gasteiger partial charge in [-0.1, -0.05) is 0 Å². The molecule has 0 heterocycles. The molecule has 0 aromatic heterocycles. The summed E-state index contributed by atoms with van der Waals surface area (Å²) in [6.45, 7) is -1.83. The van der Waals surface area contributed by atoms with Crippen LogP contribution in [0.25, 0.3) is 0 Å². The zero-order chi connectivity index (χ0) is 14.6. The topological polar surface area (TPSA) is 98.3 Å². The van der Waals surface area contributed by atoms with Crippen LogP contribution in [0, 0.1) is 10.1 Å². The van der Waals surface area contributed by atoms with Crippen molar-refractivity contribution in [2.24, 2.45) is 5.73 Å². The first-order valence-corrected chi connectivity index (χ1v) is 5.86. The molecule has 19 heavy (non-hydrogen) atoms. The van der Waals surface area contributed by atoms with Crippen LogP contribution in [0.5, 0.6) is 0 Å². The Labute approximate surface area is 115 Å². The maximum atomic E-state index is 12.9. The largest absolute Gasteiger partial charge is 0.346 e. The van der Waals surface area contributed by atoms with E-state index < -0.39 is 29.8 Å². The fourth-order valence-electron chi connectivity index (χ4n) is 1.18. The van der Waals surface area contributed by atoms with E-state index in [9.17, 15) is 23.7 Å². The summed E-state index contributed by atoms with van der Waals surface area (Å²) in [6, 6.07) is 3.49. The highest BCUT2D eigenvalue weighted by molar-refractivity contribution is 9.10. The van der Waals surface area contributed by atoms with Gasteiger partial charge in [-0.2, -0.15) is 0 Å². The molecule has 0 radical (unpaired) electrons. The van der Waals surface area contributed by atoms with Gasteiger partial charge in [0.25, 0.3) is 17.5 Å². The molecule has 0 saturated carbocycles. The normalized spacial score (nSPS) is 11.2. The average Bonchev–Trinajstić information content (AvgIpc) is 2.36. The number of hydrogen-bond donors (Lipinski definition) is 2. The Kier molecular flexibility index (Phi) is 4.90. The molecule has 1 amide bonds. The first-order valence-electron chi connectivity index (χ1n) is 5.07. The minimum absolute atomic E-state index is 0.0954. The second kappa shape index (κ2) is 6.02. The highest BCUT2D eigenvalue weighted by Gasteiger charge is 2.28. The molecule has 9 heteroatoms. The molecule has 0 aliphatic carbocycles. The Morgan fingerprint density at radius 2 is 2.16 bits per heavy atom. The summed E-state index contributed by atoms with van der Waals surface area (Å²) >= 11 is 3.02. The Hall–Kier alpha value is -1.61. The molecule has 0 bridgehead atoms. The van der Waals surface area contributed by atoms with Crippen molar-refractivity contribution in [2.45, 2.75) is 5.92 Å². The van der Waals surface area contributed by atoms with Gasteiger partial charge >= 0.3 is 0 Å². The number of nitrogens with one attached hydrogen (secondary N) is 1. The van der Waals surface area contributed by atoms with E-state index in [1.807, 2.05) is 5.32 Å². The van der Waals surface area contributed by atoms with Crippen molar-refractivity contribution in [3.63, 3.8) is 0 Å². The van der Waals surface area contributed by atoms with Crippen molar-refractivity contribution in [2.75, 3.05) is 13.1 Å². The van der Waals surface area contributed by atoms with Gasteiger partial charge in [0.2, 0.25) is 0 Å². The molecule has 0 spiro atoms. The van der Waals surface area contributed by atoms with Crippen LogP contribution in [0.1, 0.15) is 10.4 Å². The van der Waals surface area contributed by atoms with E-state index in [-0.39, 0.29) is 15.7 Å². The summed E-state index contributed by atoms with van der Waals surface area (Å²) in [5.74, 6) is -4.06. The lowest BCUT2D eigenvalue weighted by molar-refractivity contribution is -0.384. The number of nitrogens with zero attached hydrogens (tertiary/aromatic N) is 1. The van der Waals surface area contributed by atoms with Gasteiger partial charge in [0.15, 0.2) is 0 Å². The van der Waals surface area contributed by atoms with E-state index in [0.29, 0.717) is 0 Å². The number of carbonyl (C=O) groups excluding carboxylic acids is 1. The Morgan fingerprint density at radius 1 is 1.53 bits per heavy atom. The van der Waals surface area contributed by atoms with Gasteiger partial charge < -0.3 is 11.1 Å². The minimum Gasteiger partial charge on any atom is -0.346 e. The Bertz CT molecular complexity index is 511. The van der Waals surface area contributed by atoms with Crippen LogP contribution in [0.2, 0.25) is 0 Å². The molecular weight excluding hydrogens is 328 g/mol. The molecular formula is C10H10BrF2N3O3. The highest BCUT2D eigenvalue weighted by Crippen LogP contribution is 2.22. The van der Waals surface area contributed by atoms with E-state index in [1.165, 1.54) is 12.1 Å². The number of hydrogen-bond acceptors (Lipinski definition) is 4. The van der Waals surface area contributed by atoms with Gasteiger partial charge in [0.05, 0.1) is 23.6 Å². The standard InChI is InChI=1S/C10H10BrF2N3O3/c11-8-2-1-6(16(18)19)3-7(8)9(17)15-5-10(12,13)4-14/h1-3H,4-5,14H2,(H,15,17). The zero-order valence-corrected chi connectivity index (χ0v) is 11.1. The summed E-state index contributed by atoms with van der Waals surface area (Å²) in [5.41, 5.74) is 4.42. The summed E-state index contributed by atoms with van der Waals surface area (Å²) in [6.07, 6.45) is 0. The van der Waals surface area contributed by atoms with Crippen molar-refractivity contribution >= 4 is 27.5 Å². The molecule has 104 valence electrons. The van der Waals surface area contributed by atoms with Crippen LogP contribution < -0.4 is 11.1 Å². The Morgan fingerprint density at radius 3 is 2.68 bits per heavy atom. The number of rotatable bonds is 5. The molecule has 0 aliphatic heterocycles. The number of halogens is 3. The van der Waals surface area contributed by atoms with Crippen molar-refractivity contribution < 1.29 is 18.5 Å². The molecule has 6 nitrogen and oxygen atoms in total. The van der Waals surface area contributed by atoms with Crippen LogP contribution in [0.15, 0.2) is 22.7 Å². The maximum Gasteiger partial charge on any atom is 0.277 e. The predicted molar refractivity (Wildman–Crippen MR) is 67.1 cm³/mol. The van der Waals surface area contributed by atoms with E-state index in [1.54, 1.807) is 0 Å². The third kappa shape index (κ3) is 4.21. The second-order valence-electron chi connectivity index (χ2n) is 3.66. The third-order valence-electron chi connectivity index (χ3n) is 2.21. The van der Waals surface area contributed by atoms with Gasteiger partial charge in [0.1, 0.15) is 0 Å².